The maximum atomic E-state index is 13.9. The van der Waals surface area contributed by atoms with E-state index in [1.54, 1.807) is 13.0 Å². The van der Waals surface area contributed by atoms with Crippen LogP contribution >= 0.6 is 0 Å². The minimum absolute atomic E-state index is 0.0194. The van der Waals surface area contributed by atoms with E-state index in [-0.39, 0.29) is 11.9 Å². The summed E-state index contributed by atoms with van der Waals surface area (Å²) in [4.78, 5) is 9.83. The van der Waals surface area contributed by atoms with Crippen molar-refractivity contribution in [3.8, 4) is 0 Å². The van der Waals surface area contributed by atoms with Crippen molar-refractivity contribution in [2.75, 3.05) is 46.3 Å². The molecule has 2 atom stereocenters. The highest BCUT2D eigenvalue weighted by Gasteiger charge is 2.25. The standard InChI is InChI=1S/C22H38FN5/c1-7-24-22(26-18(5)19-9-8-17(4)20(23)14-19)25-15-21(16(2)3)28-12-10-27(6)11-13-28/h8-9,14,16,18,21H,7,10-13,15H2,1-6H3,(H2,24,25,26). The Kier molecular flexibility index (Phi) is 8.70. The summed E-state index contributed by atoms with van der Waals surface area (Å²) in [5.74, 6) is 1.16. The molecule has 0 radical (unpaired) electrons. The normalized spacial score (nSPS) is 18.9. The molecule has 6 heteroatoms. The van der Waals surface area contributed by atoms with Crippen LogP contribution in [0.25, 0.3) is 0 Å². The molecule has 2 rings (SSSR count). The van der Waals surface area contributed by atoms with Gasteiger partial charge in [-0.2, -0.15) is 0 Å². The fourth-order valence-electron chi connectivity index (χ4n) is 3.57. The van der Waals surface area contributed by atoms with E-state index < -0.39 is 0 Å². The second kappa shape index (κ2) is 10.8. The van der Waals surface area contributed by atoms with Gasteiger partial charge in [0.15, 0.2) is 5.96 Å². The van der Waals surface area contributed by atoms with Crippen molar-refractivity contribution in [3.05, 3.63) is 35.1 Å². The summed E-state index contributed by atoms with van der Waals surface area (Å²) in [6, 6.07) is 5.82. The monoisotopic (exact) mass is 391 g/mol. The maximum Gasteiger partial charge on any atom is 0.191 e. The van der Waals surface area contributed by atoms with Gasteiger partial charge in [0.25, 0.3) is 0 Å². The van der Waals surface area contributed by atoms with Crippen molar-refractivity contribution in [1.29, 1.82) is 0 Å². The molecule has 0 aliphatic carbocycles. The lowest BCUT2D eigenvalue weighted by Gasteiger charge is -2.39. The van der Waals surface area contributed by atoms with Crippen molar-refractivity contribution >= 4 is 5.96 Å². The van der Waals surface area contributed by atoms with Gasteiger partial charge in [0.2, 0.25) is 0 Å². The predicted molar refractivity (Wildman–Crippen MR) is 116 cm³/mol. The fourth-order valence-corrected chi connectivity index (χ4v) is 3.57. The molecule has 2 unspecified atom stereocenters. The maximum absolute atomic E-state index is 13.9. The average molecular weight is 392 g/mol. The van der Waals surface area contributed by atoms with Crippen molar-refractivity contribution in [3.63, 3.8) is 0 Å². The van der Waals surface area contributed by atoms with E-state index >= 15 is 0 Å². The van der Waals surface area contributed by atoms with Crippen LogP contribution in [0.3, 0.4) is 0 Å². The Morgan fingerprint density at radius 1 is 1.18 bits per heavy atom. The summed E-state index contributed by atoms with van der Waals surface area (Å²) in [6.07, 6.45) is 0. The smallest absolute Gasteiger partial charge is 0.191 e. The van der Waals surface area contributed by atoms with E-state index in [1.807, 2.05) is 19.1 Å². The third-order valence-electron chi connectivity index (χ3n) is 5.61. The van der Waals surface area contributed by atoms with Gasteiger partial charge in [-0.05, 0) is 50.9 Å². The Hall–Kier alpha value is -1.66. The first kappa shape index (κ1) is 22.6. The Morgan fingerprint density at radius 3 is 2.43 bits per heavy atom. The van der Waals surface area contributed by atoms with Gasteiger partial charge >= 0.3 is 0 Å². The van der Waals surface area contributed by atoms with Gasteiger partial charge in [-0.3, -0.25) is 9.89 Å². The zero-order valence-electron chi connectivity index (χ0n) is 18.4. The number of nitrogens with one attached hydrogen (secondary N) is 2. The van der Waals surface area contributed by atoms with Crippen LogP contribution in [0.1, 0.15) is 44.9 Å². The van der Waals surface area contributed by atoms with E-state index in [0.717, 1.165) is 50.8 Å². The minimum atomic E-state index is -0.164. The van der Waals surface area contributed by atoms with E-state index in [9.17, 15) is 4.39 Å². The first-order valence-electron chi connectivity index (χ1n) is 10.5. The van der Waals surface area contributed by atoms with Gasteiger partial charge in [0.05, 0.1) is 12.6 Å². The van der Waals surface area contributed by atoms with Crippen LogP contribution in [0.4, 0.5) is 4.39 Å². The summed E-state index contributed by atoms with van der Waals surface area (Å²) >= 11 is 0. The van der Waals surface area contributed by atoms with E-state index in [2.05, 4.69) is 48.3 Å². The first-order valence-corrected chi connectivity index (χ1v) is 10.5. The molecule has 1 aromatic carbocycles. The molecule has 0 spiro atoms. The summed E-state index contributed by atoms with van der Waals surface area (Å²) in [7, 11) is 2.18. The first-order chi connectivity index (χ1) is 13.3. The number of halogens is 1. The van der Waals surface area contributed by atoms with Crippen molar-refractivity contribution in [1.82, 2.24) is 20.4 Å². The number of hydrogen-bond donors (Lipinski definition) is 2. The van der Waals surface area contributed by atoms with Gasteiger partial charge in [-0.15, -0.1) is 0 Å². The number of aliphatic imine (C=N–C) groups is 1. The Morgan fingerprint density at radius 2 is 1.86 bits per heavy atom. The molecule has 0 aromatic heterocycles. The number of hydrogen-bond acceptors (Lipinski definition) is 3. The number of rotatable bonds is 7. The third kappa shape index (κ3) is 6.45. The van der Waals surface area contributed by atoms with E-state index in [0.29, 0.717) is 17.5 Å². The van der Waals surface area contributed by atoms with E-state index in [4.69, 9.17) is 4.99 Å². The van der Waals surface area contributed by atoms with Gasteiger partial charge < -0.3 is 15.5 Å². The Bertz CT molecular complexity index is 638. The minimum Gasteiger partial charge on any atom is -0.357 e. The molecule has 1 aromatic rings. The molecule has 28 heavy (non-hydrogen) atoms. The fraction of sp³-hybridized carbons (Fsp3) is 0.682. The van der Waals surface area contributed by atoms with Crippen molar-refractivity contribution in [2.45, 2.75) is 46.7 Å². The topological polar surface area (TPSA) is 42.9 Å². The summed E-state index contributed by atoms with van der Waals surface area (Å²) in [5, 5.41) is 6.76. The lowest BCUT2D eigenvalue weighted by molar-refractivity contribution is 0.0925. The molecule has 1 aliphatic heterocycles. The largest absolute Gasteiger partial charge is 0.357 e. The third-order valence-corrected chi connectivity index (χ3v) is 5.61. The molecule has 1 heterocycles. The number of likely N-dealkylation sites (N-methyl/N-ethyl adjacent to an activating group) is 1. The number of guanidine groups is 1. The molecular formula is C22H38FN5. The zero-order valence-corrected chi connectivity index (χ0v) is 18.4. The summed E-state index contributed by atoms with van der Waals surface area (Å²) < 4.78 is 13.9. The number of aryl methyl sites for hydroxylation is 1. The van der Waals surface area contributed by atoms with Crippen LogP contribution in [0.2, 0.25) is 0 Å². The molecule has 0 bridgehead atoms. The highest BCUT2D eigenvalue weighted by Crippen LogP contribution is 2.17. The van der Waals surface area contributed by atoms with Crippen molar-refractivity contribution in [2.24, 2.45) is 10.9 Å². The lowest BCUT2D eigenvalue weighted by atomic mass is 10.0. The molecule has 158 valence electrons. The average Bonchev–Trinajstić information content (AvgIpc) is 2.65. The second-order valence-electron chi connectivity index (χ2n) is 8.24. The lowest BCUT2D eigenvalue weighted by Crippen LogP contribution is -2.52. The highest BCUT2D eigenvalue weighted by atomic mass is 19.1. The van der Waals surface area contributed by atoms with E-state index in [1.165, 1.54) is 0 Å². The summed E-state index contributed by atoms with van der Waals surface area (Å²) in [6.45, 7) is 16.4. The highest BCUT2D eigenvalue weighted by molar-refractivity contribution is 5.80. The van der Waals surface area contributed by atoms with Crippen LogP contribution in [-0.2, 0) is 0 Å². The molecule has 1 aliphatic rings. The van der Waals surface area contributed by atoms with Gasteiger partial charge in [-0.1, -0.05) is 26.0 Å². The van der Waals surface area contributed by atoms with Crippen LogP contribution < -0.4 is 10.6 Å². The Balaban J connectivity index is 2.05. The molecule has 0 saturated carbocycles. The molecule has 0 amide bonds. The predicted octanol–water partition coefficient (Wildman–Crippen LogP) is 3.02. The van der Waals surface area contributed by atoms with Crippen molar-refractivity contribution < 1.29 is 4.39 Å². The molecule has 1 saturated heterocycles. The second-order valence-corrected chi connectivity index (χ2v) is 8.24. The van der Waals surface area contributed by atoms with Gasteiger partial charge in [0, 0.05) is 38.8 Å². The van der Waals surface area contributed by atoms with Gasteiger partial charge in [0.1, 0.15) is 5.82 Å². The zero-order chi connectivity index (χ0) is 20.7. The summed E-state index contributed by atoms with van der Waals surface area (Å²) in [5.41, 5.74) is 1.59. The van der Waals surface area contributed by atoms with Crippen LogP contribution in [-0.4, -0.2) is 68.1 Å². The van der Waals surface area contributed by atoms with Crippen LogP contribution in [0.5, 0.6) is 0 Å². The Labute approximate surface area is 170 Å². The number of benzene rings is 1. The van der Waals surface area contributed by atoms with Crippen LogP contribution in [0, 0.1) is 18.7 Å². The van der Waals surface area contributed by atoms with Crippen LogP contribution in [0.15, 0.2) is 23.2 Å². The number of piperazine rings is 1. The number of nitrogens with zero attached hydrogens (tertiary/aromatic N) is 3. The molecule has 5 nitrogen and oxygen atoms in total. The molecular weight excluding hydrogens is 353 g/mol. The SMILES string of the molecule is CCNC(=NCC(C(C)C)N1CCN(C)CC1)NC(C)c1ccc(C)c(F)c1. The van der Waals surface area contributed by atoms with Gasteiger partial charge in [-0.25, -0.2) is 4.39 Å². The molecule has 1 fully saturated rings. The quantitative estimate of drug-likeness (QED) is 0.554. The molecule has 2 N–H and O–H groups in total.